The first-order valence-corrected chi connectivity index (χ1v) is 8.10. The summed E-state index contributed by atoms with van der Waals surface area (Å²) in [6.45, 7) is 0. The third-order valence-corrected chi connectivity index (χ3v) is 4.23. The van der Waals surface area contributed by atoms with Gasteiger partial charge < -0.3 is 4.98 Å². The molecule has 112 valence electrons. The van der Waals surface area contributed by atoms with Crippen molar-refractivity contribution in [3.8, 4) is 22.6 Å². The van der Waals surface area contributed by atoms with E-state index in [9.17, 15) is 0 Å². The summed E-state index contributed by atoms with van der Waals surface area (Å²) in [7, 11) is 0. The van der Waals surface area contributed by atoms with E-state index in [1.165, 1.54) is 0 Å². The van der Waals surface area contributed by atoms with Crippen LogP contribution in [0.2, 0.25) is 5.02 Å². The first kappa shape index (κ1) is 14.4. The van der Waals surface area contributed by atoms with Crippen molar-refractivity contribution in [2.45, 2.75) is 0 Å². The highest BCUT2D eigenvalue weighted by Crippen LogP contribution is 2.28. The number of H-pyrrole nitrogens is 1. The first-order valence-electron chi connectivity index (χ1n) is 6.93. The highest BCUT2D eigenvalue weighted by Gasteiger charge is 2.08. The van der Waals surface area contributed by atoms with E-state index < -0.39 is 0 Å². The third-order valence-electron chi connectivity index (χ3n) is 3.49. The molecule has 0 saturated heterocycles. The lowest BCUT2D eigenvalue weighted by Gasteiger charge is -2.04. The second-order valence-corrected chi connectivity index (χ2v) is 6.34. The summed E-state index contributed by atoms with van der Waals surface area (Å²) in [5.74, 6) is 0.782. The van der Waals surface area contributed by atoms with Gasteiger partial charge in [-0.1, -0.05) is 35.9 Å². The molecule has 0 amide bonds. The van der Waals surface area contributed by atoms with Crippen molar-refractivity contribution >= 4 is 38.7 Å². The Morgan fingerprint density at radius 2 is 1.78 bits per heavy atom. The van der Waals surface area contributed by atoms with E-state index in [1.54, 1.807) is 12.4 Å². The lowest BCUT2D eigenvalue weighted by Crippen LogP contribution is -1.85. The molecule has 0 aliphatic heterocycles. The van der Waals surface area contributed by atoms with E-state index in [2.05, 4.69) is 35.9 Å². The molecule has 0 fully saturated rings. The maximum absolute atomic E-state index is 6.19. The average Bonchev–Trinajstić information content (AvgIpc) is 2.98. The number of fused-ring (bicyclic) bond motifs is 1. The smallest absolute Gasteiger partial charge is 0.178 e. The Hall–Kier alpha value is -2.24. The molecule has 4 nitrogen and oxygen atoms in total. The molecule has 0 radical (unpaired) electrons. The Balaban J connectivity index is 1.73. The van der Waals surface area contributed by atoms with Crippen molar-refractivity contribution in [1.82, 2.24) is 19.9 Å². The fraction of sp³-hybridized carbons (Fsp3) is 0. The fourth-order valence-corrected chi connectivity index (χ4v) is 2.96. The first-order chi connectivity index (χ1) is 11.2. The van der Waals surface area contributed by atoms with Crippen LogP contribution in [0.5, 0.6) is 0 Å². The monoisotopic (exact) mass is 384 g/mol. The Bertz CT molecular complexity index is 995. The lowest BCUT2D eigenvalue weighted by molar-refractivity contribution is 1.29. The van der Waals surface area contributed by atoms with E-state index in [-0.39, 0.29) is 0 Å². The largest absolute Gasteiger partial charge is 0.337 e. The predicted molar refractivity (Wildman–Crippen MR) is 95.3 cm³/mol. The molecule has 23 heavy (non-hydrogen) atoms. The van der Waals surface area contributed by atoms with E-state index in [4.69, 9.17) is 11.6 Å². The Morgan fingerprint density at radius 3 is 2.57 bits per heavy atom. The summed E-state index contributed by atoms with van der Waals surface area (Å²) < 4.78 is 0.917. The number of benzene rings is 1. The minimum absolute atomic E-state index is 0.637. The zero-order valence-corrected chi connectivity index (χ0v) is 14.1. The molecular weight excluding hydrogens is 376 g/mol. The molecule has 0 aliphatic rings. The number of imidazole rings is 1. The molecule has 0 unspecified atom stereocenters. The number of hydrogen-bond acceptors (Lipinski definition) is 3. The second kappa shape index (κ2) is 5.76. The van der Waals surface area contributed by atoms with Gasteiger partial charge in [0.2, 0.25) is 0 Å². The summed E-state index contributed by atoms with van der Waals surface area (Å²) in [4.78, 5) is 16.4. The van der Waals surface area contributed by atoms with Crippen molar-refractivity contribution in [3.05, 3.63) is 64.4 Å². The zero-order valence-electron chi connectivity index (χ0n) is 11.8. The number of hydrogen-bond donors (Lipinski definition) is 1. The van der Waals surface area contributed by atoms with E-state index in [0.717, 1.165) is 32.6 Å². The predicted octanol–water partition coefficient (Wildman–Crippen LogP) is 5.10. The maximum atomic E-state index is 6.19. The van der Waals surface area contributed by atoms with Crippen molar-refractivity contribution in [2.75, 3.05) is 0 Å². The van der Waals surface area contributed by atoms with Gasteiger partial charge in [0.15, 0.2) is 5.65 Å². The maximum Gasteiger partial charge on any atom is 0.178 e. The van der Waals surface area contributed by atoms with E-state index >= 15 is 0 Å². The molecule has 0 atom stereocenters. The van der Waals surface area contributed by atoms with Crippen LogP contribution in [0.15, 0.2) is 59.3 Å². The summed E-state index contributed by atoms with van der Waals surface area (Å²) in [6.07, 6.45) is 3.47. The molecular formula is C17H10BrClN4. The Kier molecular flexibility index (Phi) is 3.59. The van der Waals surface area contributed by atoms with Gasteiger partial charge in [-0.3, -0.25) is 4.98 Å². The molecule has 0 saturated carbocycles. The highest BCUT2D eigenvalue weighted by atomic mass is 79.9. The quantitative estimate of drug-likeness (QED) is 0.522. The summed E-state index contributed by atoms with van der Waals surface area (Å²) in [5, 5.41) is 0.637. The van der Waals surface area contributed by atoms with Gasteiger partial charge in [0, 0.05) is 28.0 Å². The molecule has 4 aromatic rings. The second-order valence-electron chi connectivity index (χ2n) is 5.02. The van der Waals surface area contributed by atoms with Crippen LogP contribution in [0.3, 0.4) is 0 Å². The molecule has 1 aromatic carbocycles. The van der Waals surface area contributed by atoms with Gasteiger partial charge in [-0.2, -0.15) is 0 Å². The standard InChI is InChI=1S/C17H10BrClN4/c18-12-8-14-17(21-9-12)23-16(22-14)11-5-3-10(4-6-11)15-13(19)2-1-7-20-15/h1-9H,(H,21,22,23). The van der Waals surface area contributed by atoms with Crippen LogP contribution in [0.4, 0.5) is 0 Å². The van der Waals surface area contributed by atoms with Gasteiger partial charge in [-0.15, -0.1) is 0 Å². The van der Waals surface area contributed by atoms with Gasteiger partial charge in [-0.05, 0) is 34.1 Å². The molecule has 4 rings (SSSR count). The van der Waals surface area contributed by atoms with Crippen molar-refractivity contribution < 1.29 is 0 Å². The lowest BCUT2D eigenvalue weighted by atomic mass is 10.1. The number of aromatic nitrogens is 4. The zero-order chi connectivity index (χ0) is 15.8. The topological polar surface area (TPSA) is 54.5 Å². The highest BCUT2D eigenvalue weighted by molar-refractivity contribution is 9.10. The summed E-state index contributed by atoms with van der Waals surface area (Å²) >= 11 is 9.60. The van der Waals surface area contributed by atoms with Gasteiger partial charge >= 0.3 is 0 Å². The summed E-state index contributed by atoms with van der Waals surface area (Å²) in [6, 6.07) is 13.6. The van der Waals surface area contributed by atoms with E-state index in [1.807, 2.05) is 42.5 Å². The minimum Gasteiger partial charge on any atom is -0.337 e. The summed E-state index contributed by atoms with van der Waals surface area (Å²) in [5.41, 5.74) is 4.31. The normalized spacial score (nSPS) is 11.0. The van der Waals surface area contributed by atoms with Crippen molar-refractivity contribution in [3.63, 3.8) is 0 Å². The molecule has 3 heterocycles. The number of rotatable bonds is 2. The molecule has 0 aliphatic carbocycles. The van der Waals surface area contributed by atoms with Gasteiger partial charge in [0.05, 0.1) is 16.2 Å². The fourth-order valence-electron chi connectivity index (χ4n) is 2.40. The SMILES string of the molecule is Clc1cccnc1-c1ccc(-c2nc3ncc(Br)cc3[nH]2)cc1. The number of nitrogens with one attached hydrogen (secondary N) is 1. The van der Waals surface area contributed by atoms with Crippen molar-refractivity contribution in [2.24, 2.45) is 0 Å². The van der Waals surface area contributed by atoms with Gasteiger partial charge in [0.1, 0.15) is 5.82 Å². The van der Waals surface area contributed by atoms with Crippen LogP contribution in [-0.2, 0) is 0 Å². The van der Waals surface area contributed by atoms with Crippen LogP contribution in [0, 0.1) is 0 Å². The van der Waals surface area contributed by atoms with Crippen molar-refractivity contribution in [1.29, 1.82) is 0 Å². The minimum atomic E-state index is 0.637. The average molecular weight is 386 g/mol. The molecule has 1 N–H and O–H groups in total. The number of aromatic amines is 1. The molecule has 0 bridgehead atoms. The van der Waals surface area contributed by atoms with Crippen LogP contribution in [0.1, 0.15) is 0 Å². The van der Waals surface area contributed by atoms with Crippen LogP contribution in [-0.4, -0.2) is 19.9 Å². The number of halogens is 2. The van der Waals surface area contributed by atoms with Gasteiger partial charge in [0.25, 0.3) is 0 Å². The third kappa shape index (κ3) is 2.73. The van der Waals surface area contributed by atoms with Crippen LogP contribution in [0.25, 0.3) is 33.8 Å². The van der Waals surface area contributed by atoms with Crippen LogP contribution < -0.4 is 0 Å². The van der Waals surface area contributed by atoms with Gasteiger partial charge in [-0.25, -0.2) is 9.97 Å². The molecule has 6 heteroatoms. The Labute approximate surface area is 145 Å². The van der Waals surface area contributed by atoms with E-state index in [0.29, 0.717) is 10.7 Å². The van der Waals surface area contributed by atoms with Crippen LogP contribution >= 0.6 is 27.5 Å². The number of pyridine rings is 2. The molecule has 3 aromatic heterocycles. The Morgan fingerprint density at radius 1 is 1.00 bits per heavy atom. The number of nitrogens with zero attached hydrogens (tertiary/aromatic N) is 3. The molecule has 0 spiro atoms.